The summed E-state index contributed by atoms with van der Waals surface area (Å²) < 4.78 is 0. The zero-order chi connectivity index (χ0) is 40.9. The molecule has 12 nitrogen and oxygen atoms in total. The standard InChI is InChI=1S/C48H48N12/c1-2-50-26-38-15-41-18-42(16-38)30-54-8-10-58-34-46-20-44-22-48(24-46)36-60-12-11-59-35-47-21-43(19-45(23-47)33-57-9-7-53-29-41)31-55-5-3-51-27-39-13-37(25-49-1)14-40(17-39)28-52-4-6-56-32-44/h13-36H,1-12H2. The molecule has 0 amide bonds. The van der Waals surface area contributed by atoms with Crippen molar-refractivity contribution in [2.75, 3.05) is 78.5 Å². The maximum atomic E-state index is 4.71. The van der Waals surface area contributed by atoms with Gasteiger partial charge in [-0.1, -0.05) is 0 Å². The van der Waals surface area contributed by atoms with Gasteiger partial charge in [-0.3, -0.25) is 59.9 Å². The number of fused-ring (bicyclic) bond motifs is 18. The van der Waals surface area contributed by atoms with Crippen LogP contribution < -0.4 is 0 Å². The van der Waals surface area contributed by atoms with Gasteiger partial charge in [0.05, 0.1) is 78.5 Å². The van der Waals surface area contributed by atoms with Crippen LogP contribution in [0.4, 0.5) is 0 Å². The number of hydrogen-bond acceptors (Lipinski definition) is 12. The third-order valence-corrected chi connectivity index (χ3v) is 9.03. The Morgan fingerprint density at radius 3 is 0.317 bits per heavy atom. The normalized spacial score (nSPS) is 16.4. The van der Waals surface area contributed by atoms with E-state index < -0.39 is 0 Å². The minimum atomic E-state index is 0.540. The average molecular weight is 793 g/mol. The molecule has 4 aromatic rings. The average Bonchev–Trinajstić information content (AvgIpc) is 3.24. The maximum absolute atomic E-state index is 4.71. The monoisotopic (exact) mass is 792 g/mol. The molecule has 0 aliphatic carbocycles. The molecule has 12 bridgehead atoms. The van der Waals surface area contributed by atoms with Crippen molar-refractivity contribution in [3.63, 3.8) is 0 Å². The third-order valence-electron chi connectivity index (χ3n) is 9.03. The Morgan fingerprint density at radius 1 is 0.150 bits per heavy atom. The molecule has 4 heterocycles. The van der Waals surface area contributed by atoms with Crippen LogP contribution in [0.5, 0.6) is 0 Å². The first-order valence-corrected chi connectivity index (χ1v) is 20.3. The van der Waals surface area contributed by atoms with Crippen molar-refractivity contribution in [1.29, 1.82) is 0 Å². The summed E-state index contributed by atoms with van der Waals surface area (Å²) >= 11 is 0. The largest absolute Gasteiger partial charge is 0.291 e. The van der Waals surface area contributed by atoms with E-state index in [1.807, 2.05) is 74.6 Å². The minimum Gasteiger partial charge on any atom is -0.291 e. The lowest BCUT2D eigenvalue weighted by Crippen LogP contribution is -1.97. The summed E-state index contributed by atoms with van der Waals surface area (Å²) in [4.78, 5) is 56.5. The molecule has 0 saturated carbocycles. The molecule has 12 heteroatoms. The molecular formula is C48H48N12. The molecule has 0 atom stereocenters. The molecule has 0 saturated heterocycles. The van der Waals surface area contributed by atoms with E-state index in [0.717, 1.165) is 66.8 Å². The first kappa shape index (κ1) is 41.1. The summed E-state index contributed by atoms with van der Waals surface area (Å²) in [6.45, 7) is 6.48. The minimum absolute atomic E-state index is 0.540. The van der Waals surface area contributed by atoms with E-state index in [4.69, 9.17) is 59.9 Å². The van der Waals surface area contributed by atoms with Gasteiger partial charge in [-0.15, -0.1) is 0 Å². The Kier molecular flexibility index (Phi) is 15.6. The highest BCUT2D eigenvalue weighted by Gasteiger charge is 2.02. The van der Waals surface area contributed by atoms with Gasteiger partial charge in [0.25, 0.3) is 0 Å². The predicted molar refractivity (Wildman–Crippen MR) is 255 cm³/mol. The van der Waals surface area contributed by atoms with Gasteiger partial charge in [0.1, 0.15) is 0 Å². The van der Waals surface area contributed by atoms with Gasteiger partial charge in [0, 0.05) is 74.6 Å². The van der Waals surface area contributed by atoms with Gasteiger partial charge in [-0.2, -0.15) is 0 Å². The van der Waals surface area contributed by atoms with Crippen molar-refractivity contribution < 1.29 is 0 Å². The number of nitrogens with zero attached hydrogens (tertiary/aromatic N) is 12. The maximum Gasteiger partial charge on any atom is 0.0585 e. The van der Waals surface area contributed by atoms with Crippen LogP contribution >= 0.6 is 0 Å². The van der Waals surface area contributed by atoms with Gasteiger partial charge in [-0.25, -0.2) is 0 Å². The Morgan fingerprint density at radius 2 is 0.233 bits per heavy atom. The van der Waals surface area contributed by atoms with Crippen molar-refractivity contribution in [2.24, 2.45) is 59.9 Å². The van der Waals surface area contributed by atoms with Crippen LogP contribution in [-0.4, -0.2) is 153 Å². The smallest absolute Gasteiger partial charge is 0.0585 e. The molecule has 0 spiro atoms. The van der Waals surface area contributed by atoms with Crippen LogP contribution in [-0.2, 0) is 0 Å². The fourth-order valence-corrected chi connectivity index (χ4v) is 6.44. The van der Waals surface area contributed by atoms with Crippen molar-refractivity contribution >= 4 is 74.6 Å². The Bertz CT molecular complexity index is 1800. The van der Waals surface area contributed by atoms with Crippen molar-refractivity contribution in [1.82, 2.24) is 0 Å². The van der Waals surface area contributed by atoms with Crippen LogP contribution in [0.3, 0.4) is 0 Å². The van der Waals surface area contributed by atoms with Crippen molar-refractivity contribution in [2.45, 2.75) is 0 Å². The second-order valence-corrected chi connectivity index (χ2v) is 14.2. The van der Waals surface area contributed by atoms with E-state index >= 15 is 0 Å². The Labute approximate surface area is 351 Å². The first-order valence-electron chi connectivity index (χ1n) is 20.3. The number of rotatable bonds is 0. The van der Waals surface area contributed by atoms with Crippen LogP contribution in [0.15, 0.2) is 133 Å². The summed E-state index contributed by atoms with van der Waals surface area (Å²) in [7, 11) is 0. The lowest BCUT2D eigenvalue weighted by atomic mass is 10.1. The van der Waals surface area contributed by atoms with Gasteiger partial charge >= 0.3 is 0 Å². The molecule has 4 aliphatic rings. The van der Waals surface area contributed by atoms with Crippen LogP contribution in [0.1, 0.15) is 66.8 Å². The molecule has 300 valence electrons. The number of hydrogen-bond donors (Lipinski definition) is 0. The molecule has 0 aromatic heterocycles. The van der Waals surface area contributed by atoms with Gasteiger partial charge in [-0.05, 0) is 140 Å². The molecule has 60 heavy (non-hydrogen) atoms. The zero-order valence-corrected chi connectivity index (χ0v) is 33.7. The van der Waals surface area contributed by atoms with E-state index in [-0.39, 0.29) is 0 Å². The Balaban J connectivity index is 1.32. The molecule has 4 aromatic carbocycles. The highest BCUT2D eigenvalue weighted by molar-refractivity contribution is 5.95. The number of benzene rings is 4. The molecular weight excluding hydrogens is 745 g/mol. The summed E-state index contributed by atoms with van der Waals surface area (Å²) in [6, 6.07) is 24.9. The molecule has 0 unspecified atom stereocenters. The predicted octanol–water partition coefficient (Wildman–Crippen LogP) is 5.85. The second kappa shape index (κ2) is 22.8. The topological polar surface area (TPSA) is 148 Å². The van der Waals surface area contributed by atoms with E-state index in [9.17, 15) is 0 Å². The van der Waals surface area contributed by atoms with Crippen LogP contribution in [0.25, 0.3) is 0 Å². The molecule has 8 rings (SSSR count). The summed E-state index contributed by atoms with van der Waals surface area (Å²) in [5.74, 6) is 0. The SMILES string of the molecule is C1=NCCN=Cc2cc3cc(c2)C=NCCN=Cc2cc4cc(c2)C=NCCN=Cc2cc(cc(c2)C=NCCN=C3)C=NCCN=Cc2cc1cc(c2)C=NCCN=C4. The third kappa shape index (κ3) is 14.1. The fourth-order valence-electron chi connectivity index (χ4n) is 6.44. The zero-order valence-electron chi connectivity index (χ0n) is 33.7. The van der Waals surface area contributed by atoms with E-state index in [0.29, 0.717) is 78.5 Å². The lowest BCUT2D eigenvalue weighted by Gasteiger charge is -2.02. The van der Waals surface area contributed by atoms with Gasteiger partial charge in [0.2, 0.25) is 0 Å². The van der Waals surface area contributed by atoms with E-state index in [1.54, 1.807) is 0 Å². The van der Waals surface area contributed by atoms with Crippen LogP contribution in [0.2, 0.25) is 0 Å². The molecule has 0 N–H and O–H groups in total. The van der Waals surface area contributed by atoms with E-state index in [1.165, 1.54) is 0 Å². The molecule has 4 aliphatic heterocycles. The van der Waals surface area contributed by atoms with Gasteiger partial charge in [0.15, 0.2) is 0 Å². The van der Waals surface area contributed by atoms with Gasteiger partial charge < -0.3 is 0 Å². The summed E-state index contributed by atoms with van der Waals surface area (Å²) in [6.07, 6.45) is 22.6. The Hall–Kier alpha value is -7.08. The highest BCUT2D eigenvalue weighted by atomic mass is 14.8. The van der Waals surface area contributed by atoms with Crippen molar-refractivity contribution in [3.8, 4) is 0 Å². The fraction of sp³-hybridized carbons (Fsp3) is 0.250. The lowest BCUT2D eigenvalue weighted by molar-refractivity contribution is 0.983. The van der Waals surface area contributed by atoms with E-state index in [2.05, 4.69) is 72.8 Å². The quantitative estimate of drug-likeness (QED) is 0.210. The van der Waals surface area contributed by atoms with Crippen LogP contribution in [0, 0.1) is 0 Å². The highest BCUT2D eigenvalue weighted by Crippen LogP contribution is 2.11. The second-order valence-electron chi connectivity index (χ2n) is 14.2. The molecule has 0 fully saturated rings. The summed E-state index contributed by atoms with van der Waals surface area (Å²) in [5, 5.41) is 0. The summed E-state index contributed by atoms with van der Waals surface area (Å²) in [5.41, 5.74) is 11.5. The number of aliphatic imine (C=N–C) groups is 12. The van der Waals surface area contributed by atoms with Crippen molar-refractivity contribution in [3.05, 3.63) is 140 Å². The first-order chi connectivity index (χ1) is 29.7. The molecule has 0 radical (unpaired) electrons.